The zero-order valence-corrected chi connectivity index (χ0v) is 16.8. The molecule has 1 saturated heterocycles. The maximum Gasteiger partial charge on any atom is 0.251 e. The van der Waals surface area contributed by atoms with E-state index >= 15 is 0 Å². The van der Waals surface area contributed by atoms with Gasteiger partial charge in [-0.1, -0.05) is 6.07 Å². The van der Waals surface area contributed by atoms with Gasteiger partial charge in [0.1, 0.15) is 0 Å². The van der Waals surface area contributed by atoms with Gasteiger partial charge in [-0.3, -0.25) is 4.79 Å². The van der Waals surface area contributed by atoms with Crippen molar-refractivity contribution in [1.82, 2.24) is 14.9 Å². The first-order valence-electron chi connectivity index (χ1n) is 8.36. The molecule has 1 aromatic carbocycles. The summed E-state index contributed by atoms with van der Waals surface area (Å²) in [6.07, 6.45) is 1.94. The van der Waals surface area contributed by atoms with Crippen LogP contribution in [0.3, 0.4) is 0 Å². The molecule has 1 aromatic rings. The van der Waals surface area contributed by atoms with Crippen LogP contribution in [-0.4, -0.2) is 50.3 Å². The first-order chi connectivity index (χ1) is 11.2. The smallest absolute Gasteiger partial charge is 0.251 e. The maximum atomic E-state index is 12.6. The number of carbonyl (C=O) groups is 1. The lowest BCUT2D eigenvalue weighted by Crippen LogP contribution is -2.51. The highest BCUT2D eigenvalue weighted by Crippen LogP contribution is 2.18. The number of halogens is 1. The van der Waals surface area contributed by atoms with E-state index < -0.39 is 10.0 Å². The molecule has 0 spiro atoms. The van der Waals surface area contributed by atoms with Crippen LogP contribution in [0.2, 0.25) is 0 Å². The summed E-state index contributed by atoms with van der Waals surface area (Å²) >= 11 is 0. The molecule has 25 heavy (non-hydrogen) atoms. The number of nitrogens with one attached hydrogen (secondary N) is 2. The van der Waals surface area contributed by atoms with Gasteiger partial charge in [0.05, 0.1) is 4.90 Å². The lowest BCUT2D eigenvalue weighted by molar-refractivity contribution is 0.0919. The highest BCUT2D eigenvalue weighted by Gasteiger charge is 2.26. The summed E-state index contributed by atoms with van der Waals surface area (Å²) < 4.78 is 26.5. The van der Waals surface area contributed by atoms with E-state index in [4.69, 9.17) is 0 Å². The first-order valence-corrected chi connectivity index (χ1v) is 9.80. The van der Waals surface area contributed by atoms with Crippen molar-refractivity contribution < 1.29 is 13.2 Å². The summed E-state index contributed by atoms with van der Waals surface area (Å²) in [6, 6.07) is 6.34. The number of rotatable bonds is 5. The van der Waals surface area contributed by atoms with Crippen LogP contribution >= 0.6 is 12.4 Å². The van der Waals surface area contributed by atoms with Gasteiger partial charge < -0.3 is 10.6 Å². The zero-order chi connectivity index (χ0) is 17.9. The third-order valence-corrected chi connectivity index (χ3v) is 6.61. The van der Waals surface area contributed by atoms with Crippen LogP contribution < -0.4 is 10.6 Å². The van der Waals surface area contributed by atoms with E-state index in [1.54, 1.807) is 19.2 Å². The lowest BCUT2D eigenvalue weighted by Gasteiger charge is -2.30. The molecule has 1 fully saturated rings. The SMILES string of the molecule is CC1NCCCC1NC(=O)c1cccc(S(=O)(=O)N(C)C(C)C)c1.Cl. The first kappa shape index (κ1) is 21.9. The Labute approximate surface area is 156 Å². The number of hydrogen-bond donors (Lipinski definition) is 2. The van der Waals surface area contributed by atoms with E-state index in [9.17, 15) is 13.2 Å². The van der Waals surface area contributed by atoms with Gasteiger partial charge in [-0.05, 0) is 58.4 Å². The topological polar surface area (TPSA) is 78.5 Å². The molecule has 1 amide bonds. The molecular formula is C17H28ClN3O3S. The number of benzene rings is 1. The Kier molecular flexibility index (Phi) is 7.87. The van der Waals surface area contributed by atoms with Crippen LogP contribution in [0.25, 0.3) is 0 Å². The molecule has 2 N–H and O–H groups in total. The number of carbonyl (C=O) groups excluding carboxylic acids is 1. The fraction of sp³-hybridized carbons (Fsp3) is 0.588. The van der Waals surface area contributed by atoms with Crippen LogP contribution in [0.4, 0.5) is 0 Å². The van der Waals surface area contributed by atoms with Gasteiger partial charge in [-0.2, -0.15) is 4.31 Å². The zero-order valence-electron chi connectivity index (χ0n) is 15.2. The molecule has 0 saturated carbocycles. The standard InChI is InChI=1S/C17H27N3O3S.ClH/c1-12(2)20(4)24(22,23)15-8-5-7-14(11-15)17(21)19-16-9-6-10-18-13(16)3;/h5,7-8,11-13,16,18H,6,9-10H2,1-4H3,(H,19,21);1H. The molecule has 2 atom stereocenters. The van der Waals surface area contributed by atoms with E-state index in [2.05, 4.69) is 10.6 Å². The minimum absolute atomic E-state index is 0. The summed E-state index contributed by atoms with van der Waals surface area (Å²) in [5, 5.41) is 6.34. The Morgan fingerprint density at radius 2 is 2.04 bits per heavy atom. The van der Waals surface area contributed by atoms with Crippen molar-refractivity contribution in [1.29, 1.82) is 0 Å². The Morgan fingerprint density at radius 3 is 2.64 bits per heavy atom. The Morgan fingerprint density at radius 1 is 1.36 bits per heavy atom. The molecule has 0 bridgehead atoms. The Hall–Kier alpha value is -1.15. The van der Waals surface area contributed by atoms with Crippen molar-refractivity contribution in [2.24, 2.45) is 0 Å². The van der Waals surface area contributed by atoms with Crippen molar-refractivity contribution in [3.8, 4) is 0 Å². The van der Waals surface area contributed by atoms with Crippen LogP contribution in [0.15, 0.2) is 29.2 Å². The molecule has 2 rings (SSSR count). The molecule has 0 radical (unpaired) electrons. The number of nitrogens with zero attached hydrogens (tertiary/aromatic N) is 1. The largest absolute Gasteiger partial charge is 0.348 e. The molecule has 1 heterocycles. The summed E-state index contributed by atoms with van der Waals surface area (Å²) in [7, 11) is -2.05. The highest BCUT2D eigenvalue weighted by molar-refractivity contribution is 7.89. The average Bonchev–Trinajstić information content (AvgIpc) is 2.56. The highest BCUT2D eigenvalue weighted by atomic mass is 35.5. The van der Waals surface area contributed by atoms with Crippen molar-refractivity contribution >= 4 is 28.3 Å². The van der Waals surface area contributed by atoms with Crippen LogP contribution in [0.1, 0.15) is 44.0 Å². The second-order valence-electron chi connectivity index (χ2n) is 6.61. The van der Waals surface area contributed by atoms with Gasteiger partial charge in [0.2, 0.25) is 10.0 Å². The van der Waals surface area contributed by atoms with Gasteiger partial charge in [-0.15, -0.1) is 12.4 Å². The second-order valence-corrected chi connectivity index (χ2v) is 8.61. The van der Waals surface area contributed by atoms with E-state index in [1.165, 1.54) is 16.4 Å². The van der Waals surface area contributed by atoms with Crippen LogP contribution in [0.5, 0.6) is 0 Å². The van der Waals surface area contributed by atoms with Gasteiger partial charge in [0.25, 0.3) is 5.91 Å². The van der Waals surface area contributed by atoms with Crippen LogP contribution in [-0.2, 0) is 10.0 Å². The molecular weight excluding hydrogens is 362 g/mol. The molecule has 0 aliphatic carbocycles. The lowest BCUT2D eigenvalue weighted by atomic mass is 9.99. The summed E-state index contributed by atoms with van der Waals surface area (Å²) in [5.74, 6) is -0.236. The van der Waals surface area contributed by atoms with Gasteiger partial charge in [-0.25, -0.2) is 8.42 Å². The van der Waals surface area contributed by atoms with Gasteiger partial charge >= 0.3 is 0 Å². The average molecular weight is 390 g/mol. The fourth-order valence-electron chi connectivity index (χ4n) is 2.73. The third-order valence-electron chi connectivity index (χ3n) is 4.58. The van der Waals surface area contributed by atoms with Crippen LogP contribution in [0, 0.1) is 0 Å². The van der Waals surface area contributed by atoms with Gasteiger partial charge in [0.15, 0.2) is 0 Å². The van der Waals surface area contributed by atoms with Crippen molar-refractivity contribution in [3.05, 3.63) is 29.8 Å². The second kappa shape index (κ2) is 8.98. The normalized spacial score (nSPS) is 21.0. The number of hydrogen-bond acceptors (Lipinski definition) is 4. The maximum absolute atomic E-state index is 12.6. The summed E-state index contributed by atoms with van der Waals surface area (Å²) in [4.78, 5) is 12.6. The molecule has 0 aromatic heterocycles. The Bertz CT molecular complexity index is 694. The molecule has 6 nitrogen and oxygen atoms in total. The molecule has 1 aliphatic heterocycles. The Balaban J connectivity index is 0.00000312. The van der Waals surface area contributed by atoms with E-state index in [1.807, 2.05) is 20.8 Å². The van der Waals surface area contributed by atoms with Gasteiger partial charge in [0, 0.05) is 30.7 Å². The summed E-state index contributed by atoms with van der Waals surface area (Å²) in [5.41, 5.74) is 0.367. The quantitative estimate of drug-likeness (QED) is 0.807. The minimum Gasteiger partial charge on any atom is -0.348 e. The number of sulfonamides is 1. The number of piperidine rings is 1. The van der Waals surface area contributed by atoms with Crippen molar-refractivity contribution in [2.75, 3.05) is 13.6 Å². The predicted octanol–water partition coefficient (Wildman–Crippen LogP) is 2.01. The van der Waals surface area contributed by atoms with E-state index in [-0.39, 0.29) is 41.3 Å². The predicted molar refractivity (Wildman–Crippen MR) is 102 cm³/mol. The third kappa shape index (κ3) is 5.17. The fourth-order valence-corrected chi connectivity index (χ4v) is 4.15. The van der Waals surface area contributed by atoms with E-state index in [0.29, 0.717) is 5.56 Å². The molecule has 2 unspecified atom stereocenters. The summed E-state index contributed by atoms with van der Waals surface area (Å²) in [6.45, 7) is 6.63. The minimum atomic E-state index is -3.60. The molecule has 1 aliphatic rings. The van der Waals surface area contributed by atoms with Crippen molar-refractivity contribution in [3.63, 3.8) is 0 Å². The molecule has 8 heteroatoms. The van der Waals surface area contributed by atoms with Crippen molar-refractivity contribution in [2.45, 2.75) is 56.6 Å². The number of amides is 1. The van der Waals surface area contributed by atoms with E-state index in [0.717, 1.165) is 19.4 Å². The monoisotopic (exact) mass is 389 g/mol. The molecule has 142 valence electrons.